The number of carbonyl (C=O) groups is 1. The minimum atomic E-state index is -3.91. The fourth-order valence-corrected chi connectivity index (χ4v) is 4.93. The highest BCUT2D eigenvalue weighted by Crippen LogP contribution is 2.47. The van der Waals surface area contributed by atoms with E-state index in [1.54, 1.807) is 24.3 Å². The van der Waals surface area contributed by atoms with Crippen LogP contribution in [0, 0.1) is 0 Å². The summed E-state index contributed by atoms with van der Waals surface area (Å²) in [6, 6.07) is 6.73. The summed E-state index contributed by atoms with van der Waals surface area (Å²) in [6.07, 6.45) is 1.61. The van der Waals surface area contributed by atoms with Crippen molar-refractivity contribution in [1.29, 1.82) is 0 Å². The molecule has 0 saturated carbocycles. The zero-order valence-electron chi connectivity index (χ0n) is 11.9. The molecule has 0 aromatic heterocycles. The fourth-order valence-electron chi connectivity index (χ4n) is 3.24. The molecule has 7 nitrogen and oxygen atoms in total. The number of carbonyl (C=O) groups excluding carboxylic acids is 1. The molecular formula is C14H16N2O5S. The predicted octanol–water partition coefficient (Wildman–Crippen LogP) is 0.573. The molecular weight excluding hydrogens is 308 g/mol. The summed E-state index contributed by atoms with van der Waals surface area (Å²) < 4.78 is 39.0. The normalized spacial score (nSPS) is 24.4. The Morgan fingerprint density at radius 2 is 1.68 bits per heavy atom. The SMILES string of the molecule is O=C1N(S(=O)(=O)N2CCCC2)c2ccccc2C12OCCO2. The maximum absolute atomic E-state index is 12.9. The summed E-state index contributed by atoms with van der Waals surface area (Å²) in [5, 5.41) is 0. The second kappa shape index (κ2) is 4.76. The molecule has 0 unspecified atom stereocenters. The van der Waals surface area contributed by atoms with Crippen LogP contribution < -0.4 is 4.31 Å². The average Bonchev–Trinajstić information content (AvgIpc) is 3.23. The number of amides is 1. The van der Waals surface area contributed by atoms with Gasteiger partial charge in [0.05, 0.1) is 18.9 Å². The fraction of sp³-hybridized carbons (Fsp3) is 0.500. The topological polar surface area (TPSA) is 76.2 Å². The highest BCUT2D eigenvalue weighted by Gasteiger charge is 2.60. The van der Waals surface area contributed by atoms with Crippen molar-refractivity contribution in [3.05, 3.63) is 29.8 Å². The Morgan fingerprint density at radius 1 is 1.05 bits per heavy atom. The first-order valence-corrected chi connectivity index (χ1v) is 8.69. The van der Waals surface area contributed by atoms with Gasteiger partial charge >= 0.3 is 16.1 Å². The van der Waals surface area contributed by atoms with Gasteiger partial charge in [-0.25, -0.2) is 0 Å². The lowest BCUT2D eigenvalue weighted by molar-refractivity contribution is -0.179. The molecule has 1 aromatic carbocycles. The van der Waals surface area contributed by atoms with Crippen LogP contribution in [0.4, 0.5) is 5.69 Å². The highest BCUT2D eigenvalue weighted by atomic mass is 32.2. The molecule has 1 amide bonds. The van der Waals surface area contributed by atoms with Crippen LogP contribution in [0.15, 0.2) is 24.3 Å². The third-order valence-corrected chi connectivity index (χ3v) is 6.10. The Hall–Kier alpha value is -1.48. The van der Waals surface area contributed by atoms with Crippen molar-refractivity contribution in [2.24, 2.45) is 0 Å². The first-order valence-electron chi connectivity index (χ1n) is 7.30. The summed E-state index contributed by atoms with van der Waals surface area (Å²) in [4.78, 5) is 12.9. The van der Waals surface area contributed by atoms with Gasteiger partial charge in [0.25, 0.3) is 5.79 Å². The summed E-state index contributed by atoms with van der Waals surface area (Å²) in [7, 11) is -3.91. The van der Waals surface area contributed by atoms with Crippen molar-refractivity contribution < 1.29 is 22.7 Å². The molecule has 3 heterocycles. The standard InChI is InChI=1S/C14H16N2O5S/c17-13-14(20-9-10-21-14)11-5-1-2-6-12(11)16(13)22(18,19)15-7-3-4-8-15/h1-2,5-6H,3-4,7-10H2. The Labute approximate surface area is 128 Å². The number of rotatable bonds is 2. The molecule has 22 heavy (non-hydrogen) atoms. The van der Waals surface area contributed by atoms with E-state index in [9.17, 15) is 13.2 Å². The van der Waals surface area contributed by atoms with E-state index in [1.165, 1.54) is 4.31 Å². The second-order valence-electron chi connectivity index (χ2n) is 5.51. The van der Waals surface area contributed by atoms with Crippen LogP contribution in [0.1, 0.15) is 18.4 Å². The highest BCUT2D eigenvalue weighted by molar-refractivity contribution is 7.91. The van der Waals surface area contributed by atoms with E-state index < -0.39 is 21.9 Å². The third-order valence-electron chi connectivity index (χ3n) is 4.26. The van der Waals surface area contributed by atoms with Gasteiger partial charge in [-0.15, -0.1) is 0 Å². The van der Waals surface area contributed by atoms with Gasteiger partial charge in [-0.2, -0.15) is 17.0 Å². The number of hydrogen-bond donors (Lipinski definition) is 0. The van der Waals surface area contributed by atoms with Crippen LogP contribution in [0.3, 0.4) is 0 Å². The molecule has 2 saturated heterocycles. The largest absolute Gasteiger partial charge is 0.336 e. The van der Waals surface area contributed by atoms with Gasteiger partial charge in [-0.3, -0.25) is 4.79 Å². The van der Waals surface area contributed by atoms with Gasteiger partial charge in [-0.05, 0) is 18.9 Å². The molecule has 3 aliphatic rings. The van der Waals surface area contributed by atoms with Gasteiger partial charge in [0.2, 0.25) is 0 Å². The number of nitrogens with zero attached hydrogens (tertiary/aromatic N) is 2. The van der Waals surface area contributed by atoms with Crippen molar-refractivity contribution in [2.75, 3.05) is 30.6 Å². The van der Waals surface area contributed by atoms with E-state index in [1.807, 2.05) is 0 Å². The van der Waals surface area contributed by atoms with E-state index in [0.29, 0.717) is 24.3 Å². The molecule has 0 radical (unpaired) electrons. The molecule has 0 bridgehead atoms. The molecule has 4 rings (SSSR count). The van der Waals surface area contributed by atoms with E-state index in [2.05, 4.69) is 0 Å². The number of anilines is 1. The van der Waals surface area contributed by atoms with E-state index >= 15 is 0 Å². The summed E-state index contributed by atoms with van der Waals surface area (Å²) in [6.45, 7) is 1.39. The van der Waals surface area contributed by atoms with Crippen LogP contribution in [0.2, 0.25) is 0 Å². The smallest absolute Gasteiger partial charge is 0.310 e. The summed E-state index contributed by atoms with van der Waals surface area (Å²) in [5.41, 5.74) is 0.779. The minimum Gasteiger partial charge on any atom is -0.336 e. The quantitative estimate of drug-likeness (QED) is 0.795. The Bertz CT molecular complexity index is 721. The monoisotopic (exact) mass is 324 g/mol. The van der Waals surface area contributed by atoms with Gasteiger partial charge in [0.1, 0.15) is 0 Å². The predicted molar refractivity (Wildman–Crippen MR) is 77.2 cm³/mol. The number of ether oxygens (including phenoxy) is 2. The lowest BCUT2D eigenvalue weighted by Gasteiger charge is -2.25. The van der Waals surface area contributed by atoms with Crippen molar-refractivity contribution in [3.8, 4) is 0 Å². The number of fused-ring (bicyclic) bond motifs is 2. The van der Waals surface area contributed by atoms with E-state index in [-0.39, 0.29) is 13.2 Å². The van der Waals surface area contributed by atoms with Gasteiger partial charge in [-0.1, -0.05) is 18.2 Å². The van der Waals surface area contributed by atoms with Crippen LogP contribution in [-0.4, -0.2) is 44.9 Å². The lowest BCUT2D eigenvalue weighted by Crippen LogP contribution is -2.49. The lowest BCUT2D eigenvalue weighted by atomic mass is 10.1. The van der Waals surface area contributed by atoms with Crippen molar-refractivity contribution in [1.82, 2.24) is 4.31 Å². The van der Waals surface area contributed by atoms with Crippen LogP contribution >= 0.6 is 0 Å². The Morgan fingerprint density at radius 3 is 2.36 bits per heavy atom. The third kappa shape index (κ3) is 1.72. The van der Waals surface area contributed by atoms with Crippen LogP contribution in [0.5, 0.6) is 0 Å². The summed E-state index contributed by atoms with van der Waals surface area (Å²) >= 11 is 0. The molecule has 2 fully saturated rings. The average molecular weight is 324 g/mol. The Balaban J connectivity index is 1.86. The molecule has 3 aliphatic heterocycles. The van der Waals surface area contributed by atoms with Crippen LogP contribution in [0.25, 0.3) is 0 Å². The van der Waals surface area contributed by atoms with Crippen molar-refractivity contribution in [3.63, 3.8) is 0 Å². The number of benzene rings is 1. The second-order valence-corrected chi connectivity index (χ2v) is 7.29. The maximum Gasteiger partial charge on any atom is 0.310 e. The summed E-state index contributed by atoms with van der Waals surface area (Å²) in [5.74, 6) is -2.29. The zero-order chi connectivity index (χ0) is 15.4. The first-order chi connectivity index (χ1) is 10.6. The zero-order valence-corrected chi connectivity index (χ0v) is 12.7. The molecule has 1 spiro atoms. The molecule has 1 aromatic rings. The number of para-hydroxylation sites is 1. The molecule has 8 heteroatoms. The van der Waals surface area contributed by atoms with Gasteiger partial charge in [0, 0.05) is 18.7 Å². The van der Waals surface area contributed by atoms with Crippen LogP contribution in [-0.2, 0) is 30.3 Å². The molecule has 0 aliphatic carbocycles. The first kappa shape index (κ1) is 14.1. The van der Waals surface area contributed by atoms with Gasteiger partial charge in [0.15, 0.2) is 0 Å². The number of hydrogen-bond acceptors (Lipinski definition) is 5. The molecule has 118 valence electrons. The molecule has 0 atom stereocenters. The Kier molecular flexibility index (Phi) is 3.06. The van der Waals surface area contributed by atoms with Gasteiger partial charge < -0.3 is 9.47 Å². The van der Waals surface area contributed by atoms with E-state index in [0.717, 1.165) is 17.1 Å². The van der Waals surface area contributed by atoms with E-state index in [4.69, 9.17) is 9.47 Å². The molecule has 0 N–H and O–H groups in total. The maximum atomic E-state index is 12.9. The van der Waals surface area contributed by atoms with Crippen molar-refractivity contribution >= 4 is 21.8 Å². The van der Waals surface area contributed by atoms with Crippen molar-refractivity contribution in [2.45, 2.75) is 18.6 Å². The minimum absolute atomic E-state index is 0.262.